The molecule has 0 radical (unpaired) electrons. The monoisotopic (exact) mass is 291 g/mol. The van der Waals surface area contributed by atoms with E-state index < -0.39 is 0 Å². The summed E-state index contributed by atoms with van der Waals surface area (Å²) >= 11 is 6.24. The van der Waals surface area contributed by atoms with Crippen molar-refractivity contribution in [1.82, 2.24) is 5.32 Å². The molecule has 0 bridgehead atoms. The molecule has 2 nitrogen and oxygen atoms in total. The molecule has 20 heavy (non-hydrogen) atoms. The minimum atomic E-state index is 0.523. The van der Waals surface area contributed by atoms with Gasteiger partial charge in [-0.2, -0.15) is 0 Å². The molecule has 1 heterocycles. The lowest BCUT2D eigenvalue weighted by Gasteiger charge is -2.34. The van der Waals surface area contributed by atoms with Crippen molar-refractivity contribution in [2.24, 2.45) is 11.8 Å². The van der Waals surface area contributed by atoms with E-state index in [0.29, 0.717) is 11.3 Å². The highest BCUT2D eigenvalue weighted by Gasteiger charge is 2.27. The lowest BCUT2D eigenvalue weighted by molar-refractivity contribution is 0.206. The first kappa shape index (κ1) is 14.0. The van der Waals surface area contributed by atoms with Gasteiger partial charge in [-0.25, -0.2) is 0 Å². The second-order valence-corrected chi connectivity index (χ2v) is 6.45. The van der Waals surface area contributed by atoms with Gasteiger partial charge in [-0.15, -0.1) is 0 Å². The zero-order chi connectivity index (χ0) is 14.1. The number of hydrogen-bond acceptors (Lipinski definition) is 2. The quantitative estimate of drug-likeness (QED) is 0.861. The minimum Gasteiger partial charge on any atom is -0.444 e. The Balaban J connectivity index is 1.75. The van der Waals surface area contributed by atoms with Crippen molar-refractivity contribution >= 4 is 22.6 Å². The number of rotatable bonds is 3. The zero-order valence-corrected chi connectivity index (χ0v) is 12.9. The number of furan rings is 1. The second-order valence-electron chi connectivity index (χ2n) is 6.11. The number of fused-ring (bicyclic) bond motifs is 1. The van der Waals surface area contributed by atoms with Gasteiger partial charge in [-0.1, -0.05) is 44.9 Å². The van der Waals surface area contributed by atoms with Gasteiger partial charge in [0.25, 0.3) is 0 Å². The smallest absolute Gasteiger partial charge is 0.199 e. The summed E-state index contributed by atoms with van der Waals surface area (Å²) in [5.74, 6) is 1.53. The molecule has 3 unspecified atom stereocenters. The Morgan fingerprint density at radius 2 is 2.05 bits per heavy atom. The standard InChI is InChI=1S/C17H22ClNO/c1-11-6-5-8-15(12(11)2)19-10-14-13-7-3-4-9-16(13)20-17(14)18/h3-4,7,9,11-12,15,19H,5-6,8,10H2,1-2H3. The molecular formula is C17H22ClNO. The Kier molecular flexibility index (Phi) is 4.04. The van der Waals surface area contributed by atoms with Gasteiger partial charge >= 0.3 is 0 Å². The summed E-state index contributed by atoms with van der Waals surface area (Å²) < 4.78 is 5.61. The van der Waals surface area contributed by atoms with E-state index in [-0.39, 0.29) is 0 Å². The molecular weight excluding hydrogens is 270 g/mol. The number of hydrogen-bond donors (Lipinski definition) is 1. The predicted molar refractivity (Wildman–Crippen MR) is 84.0 cm³/mol. The molecule has 0 aliphatic heterocycles. The van der Waals surface area contributed by atoms with Crippen LogP contribution in [0.4, 0.5) is 0 Å². The van der Waals surface area contributed by atoms with E-state index in [1.54, 1.807) is 0 Å². The first-order valence-corrected chi connectivity index (χ1v) is 7.94. The summed E-state index contributed by atoms with van der Waals surface area (Å²) in [6.45, 7) is 5.51. The van der Waals surface area contributed by atoms with Gasteiger partial charge in [0.05, 0.1) is 0 Å². The van der Waals surface area contributed by atoms with E-state index in [1.807, 2.05) is 18.2 Å². The van der Waals surface area contributed by atoms with Gasteiger partial charge in [0, 0.05) is 23.5 Å². The maximum Gasteiger partial charge on any atom is 0.199 e. The Bertz CT molecular complexity index is 592. The molecule has 1 N–H and O–H groups in total. The van der Waals surface area contributed by atoms with Crippen LogP contribution in [-0.2, 0) is 6.54 Å². The predicted octanol–water partition coefficient (Wildman–Crippen LogP) is 5.00. The molecule has 0 amide bonds. The molecule has 0 saturated heterocycles. The molecule has 3 heteroatoms. The summed E-state index contributed by atoms with van der Waals surface area (Å²) in [6, 6.07) is 8.64. The fraction of sp³-hybridized carbons (Fsp3) is 0.529. The van der Waals surface area contributed by atoms with E-state index in [4.69, 9.17) is 16.0 Å². The van der Waals surface area contributed by atoms with Crippen molar-refractivity contribution in [1.29, 1.82) is 0 Å². The Morgan fingerprint density at radius 1 is 1.25 bits per heavy atom. The third-order valence-corrected chi connectivity index (χ3v) is 5.20. The molecule has 3 rings (SSSR count). The molecule has 2 aromatic rings. The zero-order valence-electron chi connectivity index (χ0n) is 12.2. The van der Waals surface area contributed by atoms with Crippen molar-refractivity contribution in [3.63, 3.8) is 0 Å². The summed E-state index contributed by atoms with van der Waals surface area (Å²) in [5.41, 5.74) is 1.96. The normalized spacial score (nSPS) is 27.1. The maximum atomic E-state index is 6.24. The van der Waals surface area contributed by atoms with E-state index in [2.05, 4.69) is 25.2 Å². The molecule has 0 spiro atoms. The van der Waals surface area contributed by atoms with E-state index in [1.165, 1.54) is 19.3 Å². The molecule has 1 saturated carbocycles. The fourth-order valence-corrected chi connectivity index (χ4v) is 3.59. The van der Waals surface area contributed by atoms with Gasteiger partial charge in [-0.05, 0) is 35.9 Å². The van der Waals surface area contributed by atoms with Crippen LogP contribution in [0.2, 0.25) is 5.22 Å². The molecule has 1 fully saturated rings. The molecule has 1 aliphatic carbocycles. The number of benzene rings is 1. The van der Waals surface area contributed by atoms with Gasteiger partial charge in [0.1, 0.15) is 5.58 Å². The van der Waals surface area contributed by atoms with Crippen molar-refractivity contribution in [2.45, 2.75) is 45.7 Å². The highest BCUT2D eigenvalue weighted by Crippen LogP contribution is 2.32. The van der Waals surface area contributed by atoms with Crippen LogP contribution in [0.15, 0.2) is 28.7 Å². The van der Waals surface area contributed by atoms with Crippen LogP contribution in [-0.4, -0.2) is 6.04 Å². The SMILES string of the molecule is CC1CCCC(NCc2c(Cl)oc3ccccc23)C1C. The van der Waals surface area contributed by atoms with E-state index in [0.717, 1.165) is 34.9 Å². The number of nitrogens with one attached hydrogen (secondary N) is 1. The minimum absolute atomic E-state index is 0.523. The van der Waals surface area contributed by atoms with Crippen LogP contribution in [0.25, 0.3) is 11.0 Å². The van der Waals surface area contributed by atoms with Gasteiger partial charge in [0.15, 0.2) is 5.22 Å². The van der Waals surface area contributed by atoms with Gasteiger partial charge in [0.2, 0.25) is 0 Å². The van der Waals surface area contributed by atoms with Crippen LogP contribution in [0.1, 0.15) is 38.7 Å². The Labute approximate surface area is 125 Å². The topological polar surface area (TPSA) is 25.2 Å². The third-order valence-electron chi connectivity index (χ3n) is 4.90. The fourth-order valence-electron chi connectivity index (χ4n) is 3.34. The summed E-state index contributed by atoms with van der Waals surface area (Å²) in [6.07, 6.45) is 3.94. The number of halogens is 1. The largest absolute Gasteiger partial charge is 0.444 e. The lowest BCUT2D eigenvalue weighted by Crippen LogP contribution is -2.40. The van der Waals surface area contributed by atoms with Crippen LogP contribution in [0.5, 0.6) is 0 Å². The maximum absolute atomic E-state index is 6.24. The molecule has 1 aromatic carbocycles. The van der Waals surface area contributed by atoms with Crippen molar-refractivity contribution in [3.05, 3.63) is 35.0 Å². The van der Waals surface area contributed by atoms with Gasteiger partial charge in [-0.3, -0.25) is 0 Å². The molecule has 108 valence electrons. The van der Waals surface area contributed by atoms with E-state index >= 15 is 0 Å². The Morgan fingerprint density at radius 3 is 2.90 bits per heavy atom. The molecule has 1 aromatic heterocycles. The average molecular weight is 292 g/mol. The molecule has 1 aliphatic rings. The van der Waals surface area contributed by atoms with E-state index in [9.17, 15) is 0 Å². The van der Waals surface area contributed by atoms with Crippen LogP contribution in [0, 0.1) is 11.8 Å². The first-order valence-electron chi connectivity index (χ1n) is 7.56. The van der Waals surface area contributed by atoms with Crippen LogP contribution >= 0.6 is 11.6 Å². The van der Waals surface area contributed by atoms with Crippen LogP contribution in [0.3, 0.4) is 0 Å². The second kappa shape index (κ2) is 5.79. The summed E-state index contributed by atoms with van der Waals surface area (Å²) in [5, 5.41) is 5.34. The third kappa shape index (κ3) is 2.59. The lowest BCUT2D eigenvalue weighted by atomic mass is 9.78. The summed E-state index contributed by atoms with van der Waals surface area (Å²) in [7, 11) is 0. The van der Waals surface area contributed by atoms with Crippen LogP contribution < -0.4 is 5.32 Å². The molecule has 3 atom stereocenters. The average Bonchev–Trinajstić information content (AvgIpc) is 2.76. The van der Waals surface area contributed by atoms with Crippen molar-refractivity contribution in [3.8, 4) is 0 Å². The van der Waals surface area contributed by atoms with Crippen molar-refractivity contribution in [2.75, 3.05) is 0 Å². The highest BCUT2D eigenvalue weighted by molar-refractivity contribution is 6.30. The van der Waals surface area contributed by atoms with Crippen molar-refractivity contribution < 1.29 is 4.42 Å². The number of para-hydroxylation sites is 1. The summed E-state index contributed by atoms with van der Waals surface area (Å²) in [4.78, 5) is 0. The highest BCUT2D eigenvalue weighted by atomic mass is 35.5. The Hall–Kier alpha value is -0.990. The first-order chi connectivity index (χ1) is 9.66. The van der Waals surface area contributed by atoms with Gasteiger partial charge < -0.3 is 9.73 Å².